The molecule has 3 rings (SSSR count). The third-order valence-electron chi connectivity index (χ3n) is 4.66. The quantitative estimate of drug-likeness (QED) is 0.807. The van der Waals surface area contributed by atoms with E-state index in [0.29, 0.717) is 11.4 Å². The van der Waals surface area contributed by atoms with E-state index in [-0.39, 0.29) is 17.9 Å². The molecule has 140 valence electrons. The van der Waals surface area contributed by atoms with E-state index < -0.39 is 5.97 Å². The highest BCUT2D eigenvalue weighted by Crippen LogP contribution is 2.29. The molecule has 2 aromatic rings. The maximum Gasteiger partial charge on any atom is 0.343 e. The van der Waals surface area contributed by atoms with E-state index >= 15 is 0 Å². The highest BCUT2D eigenvalue weighted by molar-refractivity contribution is 6.22. The van der Waals surface area contributed by atoms with E-state index in [4.69, 9.17) is 4.74 Å². The van der Waals surface area contributed by atoms with Gasteiger partial charge in [0.2, 0.25) is 0 Å². The van der Waals surface area contributed by atoms with Gasteiger partial charge in [-0.1, -0.05) is 17.7 Å². The molecule has 0 amide bonds. The van der Waals surface area contributed by atoms with E-state index in [0.717, 1.165) is 22.6 Å². The number of hydrogen-bond acceptors (Lipinski definition) is 4. The fraction of sp³-hybridized carbons (Fsp3) is 0.273. The number of aliphatic imine (C=N–C) groups is 1. The summed E-state index contributed by atoms with van der Waals surface area (Å²) in [4.78, 5) is 16.4. The van der Waals surface area contributed by atoms with Gasteiger partial charge in [0, 0.05) is 17.1 Å². The number of nitrogens with zero attached hydrogens (tertiary/aromatic N) is 2. The Morgan fingerprint density at radius 1 is 1.19 bits per heavy atom. The van der Waals surface area contributed by atoms with Crippen LogP contribution in [-0.2, 0) is 9.53 Å². The van der Waals surface area contributed by atoms with E-state index in [9.17, 15) is 9.90 Å². The standard InChI is InChI=1S/C22H24N2O3/c1-6-27-22(26)20-15(4)23-19(21(20)25)12-17-11-14(3)24(16(17)5)18-9-7-13(2)8-10-18/h7-12,25H,6H2,1-5H3/b19-12+. The lowest BCUT2D eigenvalue weighted by atomic mass is 10.1. The van der Waals surface area contributed by atoms with Gasteiger partial charge in [0.15, 0.2) is 5.76 Å². The SMILES string of the molecule is CCOC(=O)C1=C(O)/C(=C\c2cc(C)n(-c3ccc(C)cc3)c2C)N=C1C. The van der Waals surface area contributed by atoms with Gasteiger partial charge < -0.3 is 14.4 Å². The molecule has 1 aliphatic rings. The van der Waals surface area contributed by atoms with Gasteiger partial charge in [-0.05, 0) is 64.5 Å². The second-order valence-corrected chi connectivity index (χ2v) is 6.67. The van der Waals surface area contributed by atoms with Gasteiger partial charge in [0.1, 0.15) is 11.3 Å². The predicted molar refractivity (Wildman–Crippen MR) is 107 cm³/mol. The summed E-state index contributed by atoms with van der Waals surface area (Å²) in [6, 6.07) is 10.4. The molecule has 0 saturated heterocycles. The van der Waals surface area contributed by atoms with Crippen molar-refractivity contribution in [3.05, 3.63) is 69.9 Å². The van der Waals surface area contributed by atoms with E-state index in [1.54, 1.807) is 19.9 Å². The van der Waals surface area contributed by atoms with E-state index in [1.165, 1.54) is 5.56 Å². The molecule has 0 unspecified atom stereocenters. The zero-order valence-corrected chi connectivity index (χ0v) is 16.3. The number of carbonyl (C=O) groups is 1. The smallest absolute Gasteiger partial charge is 0.343 e. The van der Waals surface area contributed by atoms with Crippen molar-refractivity contribution in [2.75, 3.05) is 6.61 Å². The molecule has 0 radical (unpaired) electrons. The summed E-state index contributed by atoms with van der Waals surface area (Å²) in [5, 5.41) is 10.5. The molecule has 1 aromatic carbocycles. The maximum absolute atomic E-state index is 12.0. The highest BCUT2D eigenvalue weighted by atomic mass is 16.5. The van der Waals surface area contributed by atoms with Crippen molar-refractivity contribution in [2.24, 2.45) is 4.99 Å². The second-order valence-electron chi connectivity index (χ2n) is 6.67. The van der Waals surface area contributed by atoms with E-state index in [1.807, 2.05) is 19.9 Å². The molecule has 1 N–H and O–H groups in total. The van der Waals surface area contributed by atoms with Crippen LogP contribution in [0.2, 0.25) is 0 Å². The van der Waals surface area contributed by atoms with E-state index in [2.05, 4.69) is 40.7 Å². The molecule has 1 aromatic heterocycles. The lowest BCUT2D eigenvalue weighted by molar-refractivity contribution is -0.138. The molecule has 0 bridgehead atoms. The van der Waals surface area contributed by atoms with Crippen LogP contribution in [0, 0.1) is 20.8 Å². The van der Waals surface area contributed by atoms with Gasteiger partial charge in [-0.2, -0.15) is 0 Å². The first-order chi connectivity index (χ1) is 12.8. The summed E-state index contributed by atoms with van der Waals surface area (Å²) in [6.45, 7) is 9.80. The number of carbonyl (C=O) groups excluding carboxylic acids is 1. The van der Waals surface area contributed by atoms with Crippen LogP contribution in [0.15, 0.2) is 52.4 Å². The van der Waals surface area contributed by atoms with Crippen LogP contribution >= 0.6 is 0 Å². The summed E-state index contributed by atoms with van der Waals surface area (Å²) >= 11 is 0. The molecule has 27 heavy (non-hydrogen) atoms. The zero-order chi connectivity index (χ0) is 19.7. The average molecular weight is 364 g/mol. The summed E-state index contributed by atoms with van der Waals surface area (Å²) in [6.07, 6.45) is 1.80. The molecule has 0 fully saturated rings. The summed E-state index contributed by atoms with van der Waals surface area (Å²) < 4.78 is 7.17. The lowest BCUT2D eigenvalue weighted by Crippen LogP contribution is -2.13. The van der Waals surface area contributed by atoms with Gasteiger partial charge in [0.25, 0.3) is 0 Å². The Morgan fingerprint density at radius 3 is 2.48 bits per heavy atom. The molecule has 0 spiro atoms. The summed E-state index contributed by atoms with van der Waals surface area (Å²) in [5.41, 5.74) is 6.32. The number of ether oxygens (including phenoxy) is 1. The van der Waals surface area contributed by atoms with Crippen molar-refractivity contribution in [3.63, 3.8) is 0 Å². The monoisotopic (exact) mass is 364 g/mol. The molecule has 2 heterocycles. The van der Waals surface area contributed by atoms with Crippen LogP contribution in [0.1, 0.15) is 36.4 Å². The van der Waals surface area contributed by atoms with Crippen molar-refractivity contribution in [3.8, 4) is 5.69 Å². The molecule has 5 nitrogen and oxygen atoms in total. The van der Waals surface area contributed by atoms with Gasteiger partial charge in [0.05, 0.1) is 12.3 Å². The number of benzene rings is 1. The highest BCUT2D eigenvalue weighted by Gasteiger charge is 2.27. The minimum absolute atomic E-state index is 0.133. The first-order valence-electron chi connectivity index (χ1n) is 8.97. The first kappa shape index (κ1) is 18.7. The maximum atomic E-state index is 12.0. The number of aryl methyl sites for hydroxylation is 2. The molecule has 5 heteroatoms. The van der Waals surface area contributed by atoms with Crippen molar-refractivity contribution < 1.29 is 14.6 Å². The minimum atomic E-state index is -0.551. The number of esters is 1. The molecule has 1 aliphatic heterocycles. The van der Waals surface area contributed by atoms with Gasteiger partial charge in [-0.15, -0.1) is 0 Å². The molecule has 0 atom stereocenters. The number of hydrogen-bond donors (Lipinski definition) is 1. The van der Waals surface area contributed by atoms with Crippen LogP contribution in [0.25, 0.3) is 11.8 Å². The van der Waals surface area contributed by atoms with Crippen molar-refractivity contribution >= 4 is 17.8 Å². The van der Waals surface area contributed by atoms with Crippen molar-refractivity contribution in [1.82, 2.24) is 4.57 Å². The minimum Gasteiger partial charge on any atom is -0.505 e. The van der Waals surface area contributed by atoms with Crippen LogP contribution in [0.3, 0.4) is 0 Å². The first-order valence-corrected chi connectivity index (χ1v) is 8.97. The van der Waals surface area contributed by atoms with Crippen LogP contribution in [0.5, 0.6) is 0 Å². The molecular weight excluding hydrogens is 340 g/mol. The molecule has 0 saturated carbocycles. The molecular formula is C22H24N2O3. The molecule has 0 aliphatic carbocycles. The largest absolute Gasteiger partial charge is 0.505 e. The van der Waals surface area contributed by atoms with Gasteiger partial charge in [-0.3, -0.25) is 0 Å². The Balaban J connectivity index is 2.03. The number of aromatic nitrogens is 1. The number of rotatable bonds is 4. The third-order valence-corrected chi connectivity index (χ3v) is 4.66. The Hall–Kier alpha value is -3.08. The lowest BCUT2D eigenvalue weighted by Gasteiger charge is -2.10. The van der Waals surface area contributed by atoms with Crippen molar-refractivity contribution in [1.29, 1.82) is 0 Å². The average Bonchev–Trinajstić information content (AvgIpc) is 3.05. The Labute approximate surface area is 159 Å². The van der Waals surface area contributed by atoms with Crippen molar-refractivity contribution in [2.45, 2.75) is 34.6 Å². The normalized spacial score (nSPS) is 15.4. The predicted octanol–water partition coefficient (Wildman–Crippen LogP) is 4.59. The number of aliphatic hydroxyl groups excluding tert-OH is 1. The van der Waals surface area contributed by atoms with Crippen LogP contribution in [-0.4, -0.2) is 28.0 Å². The third kappa shape index (κ3) is 3.45. The topological polar surface area (TPSA) is 63.8 Å². The fourth-order valence-corrected chi connectivity index (χ4v) is 3.31. The fourth-order valence-electron chi connectivity index (χ4n) is 3.31. The Morgan fingerprint density at radius 2 is 1.85 bits per heavy atom. The Bertz CT molecular complexity index is 989. The van der Waals surface area contributed by atoms with Crippen LogP contribution < -0.4 is 0 Å². The summed E-state index contributed by atoms with van der Waals surface area (Å²) in [7, 11) is 0. The summed E-state index contributed by atoms with van der Waals surface area (Å²) in [5.74, 6) is -0.684. The number of aliphatic hydroxyl groups is 1. The second kappa shape index (κ2) is 7.27. The Kier molecular flexibility index (Phi) is 5.04. The zero-order valence-electron chi connectivity index (χ0n) is 16.3. The van der Waals surface area contributed by atoms with Gasteiger partial charge in [-0.25, -0.2) is 9.79 Å². The van der Waals surface area contributed by atoms with Crippen LogP contribution in [0.4, 0.5) is 0 Å². The van der Waals surface area contributed by atoms with Gasteiger partial charge >= 0.3 is 5.97 Å².